The Bertz CT molecular complexity index is 557. The number of carbonyl (C=O) groups excluding carboxylic acids is 2. The van der Waals surface area contributed by atoms with Crippen LogP contribution >= 0.6 is 0 Å². The lowest BCUT2D eigenvalue weighted by Crippen LogP contribution is -2.52. The zero-order chi connectivity index (χ0) is 16.8. The monoisotopic (exact) mass is 322 g/mol. The Morgan fingerprint density at radius 2 is 2.00 bits per heavy atom. The first kappa shape index (κ1) is 17.4. The molecule has 0 saturated carbocycles. The number of hydrogen-bond acceptors (Lipinski definition) is 3. The lowest BCUT2D eigenvalue weighted by molar-refractivity contribution is -0.137. The highest BCUT2D eigenvalue weighted by atomic mass is 19.1. The smallest absolute Gasteiger partial charge is 0.252 e. The van der Waals surface area contributed by atoms with E-state index in [2.05, 4.69) is 5.32 Å². The number of morpholine rings is 1. The van der Waals surface area contributed by atoms with Gasteiger partial charge in [-0.15, -0.1) is 0 Å². The topological polar surface area (TPSA) is 58.6 Å². The molecule has 5 nitrogen and oxygen atoms in total. The van der Waals surface area contributed by atoms with Gasteiger partial charge in [-0.05, 0) is 30.5 Å². The van der Waals surface area contributed by atoms with Crippen LogP contribution in [0.5, 0.6) is 0 Å². The first-order valence-electron chi connectivity index (χ1n) is 7.90. The summed E-state index contributed by atoms with van der Waals surface area (Å²) in [4.78, 5) is 26.7. The van der Waals surface area contributed by atoms with Gasteiger partial charge in [-0.1, -0.05) is 19.9 Å². The quantitative estimate of drug-likeness (QED) is 0.900. The van der Waals surface area contributed by atoms with Crippen molar-refractivity contribution in [3.8, 4) is 0 Å². The standard InChI is InChI=1S/C17H23FN2O3/c1-12(2)10-15(17(22)20-6-8-23-9-7-20)19-16(21)13-4-3-5-14(18)11-13/h3-5,11-12,15H,6-10H2,1-2H3,(H,19,21)/t15-/m0/s1. The summed E-state index contributed by atoms with van der Waals surface area (Å²) in [6, 6.07) is 4.85. The van der Waals surface area contributed by atoms with E-state index in [0.29, 0.717) is 32.7 Å². The summed E-state index contributed by atoms with van der Waals surface area (Å²) in [7, 11) is 0. The molecule has 1 aliphatic heterocycles. The third-order valence-electron chi connectivity index (χ3n) is 3.72. The van der Waals surface area contributed by atoms with Gasteiger partial charge in [0.15, 0.2) is 0 Å². The van der Waals surface area contributed by atoms with Crippen LogP contribution in [0.4, 0.5) is 4.39 Å². The Labute approximate surface area is 135 Å². The predicted octanol–water partition coefficient (Wildman–Crippen LogP) is 1.83. The number of rotatable bonds is 5. The molecule has 23 heavy (non-hydrogen) atoms. The molecule has 0 bridgehead atoms. The van der Waals surface area contributed by atoms with Crippen LogP contribution in [-0.4, -0.2) is 49.1 Å². The first-order chi connectivity index (χ1) is 11.0. The Kier molecular flexibility index (Phi) is 6.10. The van der Waals surface area contributed by atoms with Crippen LogP contribution < -0.4 is 5.32 Å². The zero-order valence-corrected chi connectivity index (χ0v) is 13.5. The summed E-state index contributed by atoms with van der Waals surface area (Å²) in [5.41, 5.74) is 0.216. The number of benzene rings is 1. The van der Waals surface area contributed by atoms with Crippen molar-refractivity contribution in [1.29, 1.82) is 0 Å². The second-order valence-corrected chi connectivity index (χ2v) is 6.10. The number of nitrogens with one attached hydrogen (secondary N) is 1. The maximum absolute atomic E-state index is 13.3. The van der Waals surface area contributed by atoms with Gasteiger partial charge in [-0.3, -0.25) is 9.59 Å². The second-order valence-electron chi connectivity index (χ2n) is 6.10. The Morgan fingerprint density at radius 1 is 1.30 bits per heavy atom. The molecule has 1 heterocycles. The lowest BCUT2D eigenvalue weighted by atomic mass is 10.0. The Balaban J connectivity index is 2.08. The molecule has 1 atom stereocenters. The van der Waals surface area contributed by atoms with Crippen molar-refractivity contribution in [3.63, 3.8) is 0 Å². The number of halogens is 1. The van der Waals surface area contributed by atoms with Crippen molar-refractivity contribution >= 4 is 11.8 Å². The van der Waals surface area contributed by atoms with E-state index in [1.165, 1.54) is 24.3 Å². The number of hydrogen-bond donors (Lipinski definition) is 1. The van der Waals surface area contributed by atoms with Gasteiger partial charge < -0.3 is 15.0 Å². The summed E-state index contributed by atoms with van der Waals surface area (Å²) in [6.45, 7) is 6.07. The van der Waals surface area contributed by atoms with Gasteiger partial charge in [-0.2, -0.15) is 0 Å². The minimum atomic E-state index is -0.608. The SMILES string of the molecule is CC(C)C[C@H](NC(=O)c1cccc(F)c1)C(=O)N1CCOCC1. The molecule has 2 rings (SSSR count). The van der Waals surface area contributed by atoms with Crippen molar-refractivity contribution in [2.45, 2.75) is 26.3 Å². The first-order valence-corrected chi connectivity index (χ1v) is 7.90. The largest absolute Gasteiger partial charge is 0.378 e. The third-order valence-corrected chi connectivity index (χ3v) is 3.72. The summed E-state index contributed by atoms with van der Waals surface area (Å²) in [5.74, 6) is -0.765. The van der Waals surface area contributed by atoms with Crippen molar-refractivity contribution in [1.82, 2.24) is 10.2 Å². The molecule has 0 aromatic heterocycles. The lowest BCUT2D eigenvalue weighted by Gasteiger charge is -2.31. The van der Waals surface area contributed by atoms with E-state index in [-0.39, 0.29) is 17.4 Å². The molecular formula is C17H23FN2O3. The molecule has 0 spiro atoms. The van der Waals surface area contributed by atoms with Gasteiger partial charge in [0, 0.05) is 18.7 Å². The summed E-state index contributed by atoms with van der Waals surface area (Å²) in [6.07, 6.45) is 0.539. The fourth-order valence-corrected chi connectivity index (χ4v) is 2.57. The van der Waals surface area contributed by atoms with Gasteiger partial charge in [0.05, 0.1) is 13.2 Å². The maximum atomic E-state index is 13.3. The van der Waals surface area contributed by atoms with Gasteiger partial charge in [-0.25, -0.2) is 4.39 Å². The molecule has 1 fully saturated rings. The van der Waals surface area contributed by atoms with Crippen molar-refractivity contribution in [2.24, 2.45) is 5.92 Å². The molecule has 1 aromatic rings. The number of carbonyl (C=O) groups is 2. The van der Waals surface area contributed by atoms with E-state index in [9.17, 15) is 14.0 Å². The van der Waals surface area contributed by atoms with Gasteiger partial charge in [0.25, 0.3) is 5.91 Å². The van der Waals surface area contributed by atoms with Crippen LogP contribution in [0.1, 0.15) is 30.6 Å². The predicted molar refractivity (Wildman–Crippen MR) is 84.5 cm³/mol. The Hall–Kier alpha value is -1.95. The van der Waals surface area contributed by atoms with Crippen LogP contribution in [0.15, 0.2) is 24.3 Å². The highest BCUT2D eigenvalue weighted by Gasteiger charge is 2.28. The van der Waals surface area contributed by atoms with E-state index in [4.69, 9.17) is 4.74 Å². The van der Waals surface area contributed by atoms with Gasteiger partial charge >= 0.3 is 0 Å². The van der Waals surface area contributed by atoms with Crippen LogP contribution in [0, 0.1) is 11.7 Å². The fraction of sp³-hybridized carbons (Fsp3) is 0.529. The third kappa shape index (κ3) is 5.03. The van der Waals surface area contributed by atoms with Crippen LogP contribution in [0.25, 0.3) is 0 Å². The molecule has 6 heteroatoms. The molecule has 0 radical (unpaired) electrons. The highest BCUT2D eigenvalue weighted by molar-refractivity contribution is 5.97. The summed E-state index contributed by atoms with van der Waals surface area (Å²) >= 11 is 0. The van der Waals surface area contributed by atoms with Crippen LogP contribution in [0.3, 0.4) is 0 Å². The molecule has 2 amide bonds. The van der Waals surface area contributed by atoms with Gasteiger partial charge in [0.2, 0.25) is 5.91 Å². The van der Waals surface area contributed by atoms with E-state index in [1.807, 2.05) is 13.8 Å². The van der Waals surface area contributed by atoms with Crippen molar-refractivity contribution in [2.75, 3.05) is 26.3 Å². The van der Waals surface area contributed by atoms with E-state index in [0.717, 1.165) is 0 Å². The van der Waals surface area contributed by atoms with E-state index < -0.39 is 17.8 Å². The van der Waals surface area contributed by atoms with Crippen molar-refractivity contribution < 1.29 is 18.7 Å². The normalized spacial score (nSPS) is 16.3. The Morgan fingerprint density at radius 3 is 2.61 bits per heavy atom. The van der Waals surface area contributed by atoms with E-state index >= 15 is 0 Å². The van der Waals surface area contributed by atoms with Crippen molar-refractivity contribution in [3.05, 3.63) is 35.6 Å². The minimum Gasteiger partial charge on any atom is -0.378 e. The molecule has 0 unspecified atom stereocenters. The second kappa shape index (κ2) is 8.06. The van der Waals surface area contributed by atoms with Crippen LogP contribution in [-0.2, 0) is 9.53 Å². The number of amides is 2. The van der Waals surface area contributed by atoms with E-state index in [1.54, 1.807) is 4.90 Å². The number of nitrogens with zero attached hydrogens (tertiary/aromatic N) is 1. The molecule has 1 aromatic carbocycles. The molecular weight excluding hydrogens is 299 g/mol. The molecule has 1 N–H and O–H groups in total. The fourth-order valence-electron chi connectivity index (χ4n) is 2.57. The molecule has 126 valence electrons. The summed E-state index contributed by atoms with van der Waals surface area (Å²) in [5, 5.41) is 2.75. The highest BCUT2D eigenvalue weighted by Crippen LogP contribution is 2.11. The molecule has 1 aliphatic rings. The number of ether oxygens (including phenoxy) is 1. The summed E-state index contributed by atoms with van der Waals surface area (Å²) < 4.78 is 18.5. The zero-order valence-electron chi connectivity index (χ0n) is 13.5. The average molecular weight is 322 g/mol. The van der Waals surface area contributed by atoms with Gasteiger partial charge in [0.1, 0.15) is 11.9 Å². The average Bonchev–Trinajstić information content (AvgIpc) is 2.54. The molecule has 1 saturated heterocycles. The maximum Gasteiger partial charge on any atom is 0.252 e. The van der Waals surface area contributed by atoms with Crippen LogP contribution in [0.2, 0.25) is 0 Å². The minimum absolute atomic E-state index is 0.105. The molecule has 0 aliphatic carbocycles.